The van der Waals surface area contributed by atoms with E-state index in [0.29, 0.717) is 30.8 Å². The molecule has 4 aromatic carbocycles. The lowest BCUT2D eigenvalue weighted by molar-refractivity contribution is 0.0520. The molecule has 6 nitrogen and oxygen atoms in total. The first-order valence-corrected chi connectivity index (χ1v) is 25.6. The summed E-state index contributed by atoms with van der Waals surface area (Å²) in [6.07, 6.45) is 16.1. The van der Waals surface area contributed by atoms with Crippen LogP contribution in [0.5, 0.6) is 17.2 Å². The van der Waals surface area contributed by atoms with Gasteiger partial charge < -0.3 is 19.7 Å². The van der Waals surface area contributed by atoms with Gasteiger partial charge in [-0.3, -0.25) is 4.99 Å². The van der Waals surface area contributed by atoms with Gasteiger partial charge >= 0.3 is 0 Å². The first-order valence-electron chi connectivity index (χ1n) is 25.6. The zero-order valence-electron chi connectivity index (χ0n) is 44.3. The molecule has 0 aromatic heterocycles. The monoisotopic (exact) mass is 913 g/mol. The van der Waals surface area contributed by atoms with Crippen LogP contribution < -0.4 is 9.47 Å². The number of aliphatic imine (C=N–C) groups is 1. The number of aliphatic hydroxyl groups is 1. The Morgan fingerprint density at radius 3 is 1.36 bits per heavy atom. The molecule has 0 radical (unpaired) electrons. The molecular weight excluding hydrogens is 825 g/mol. The topological polar surface area (TPSA) is 95.1 Å². The Balaban J connectivity index is 2.14. The van der Waals surface area contributed by atoms with Crippen LogP contribution >= 0.6 is 0 Å². The quantitative estimate of drug-likeness (QED) is 0.0571. The van der Waals surface area contributed by atoms with Crippen LogP contribution in [0.3, 0.4) is 0 Å². The van der Waals surface area contributed by atoms with Crippen molar-refractivity contribution in [2.45, 2.75) is 214 Å². The predicted molar refractivity (Wildman–Crippen MR) is 283 cm³/mol. The molecule has 0 aliphatic heterocycles. The summed E-state index contributed by atoms with van der Waals surface area (Å²) in [6.45, 7) is 32.5. The molecule has 0 bridgehead atoms. The SMILES string of the molecule is CCCCCCCCOc1c(C(C)(C)C)cc(C(O)(c2cc(C(C)(C)C)c(OCCCCCCCC)c(C(C)(C)C)c2)C(Cc2ccccc2)N=Cc2cc(C#N)ccc2O)cc1C(C)(C)C. The van der Waals surface area contributed by atoms with E-state index >= 15 is 0 Å². The highest BCUT2D eigenvalue weighted by molar-refractivity contribution is 5.84. The van der Waals surface area contributed by atoms with E-state index in [1.807, 2.05) is 18.2 Å². The Morgan fingerprint density at radius 2 is 0.970 bits per heavy atom. The second-order valence-corrected chi connectivity index (χ2v) is 23.2. The molecule has 1 atom stereocenters. The van der Waals surface area contributed by atoms with Crippen molar-refractivity contribution < 1.29 is 19.7 Å². The van der Waals surface area contributed by atoms with E-state index in [0.717, 1.165) is 76.1 Å². The lowest BCUT2D eigenvalue weighted by Gasteiger charge is -2.40. The number of unbranched alkanes of at least 4 members (excludes halogenated alkanes) is 10. The molecule has 4 aromatic rings. The van der Waals surface area contributed by atoms with Crippen LogP contribution in [-0.4, -0.2) is 35.7 Å². The number of aromatic hydroxyl groups is 1. The zero-order valence-corrected chi connectivity index (χ0v) is 44.3. The van der Waals surface area contributed by atoms with Gasteiger partial charge in [-0.05, 0) is 100 Å². The number of hydrogen-bond acceptors (Lipinski definition) is 6. The maximum absolute atomic E-state index is 14.6. The van der Waals surface area contributed by atoms with Crippen LogP contribution in [-0.2, 0) is 33.7 Å². The summed E-state index contributed by atoms with van der Waals surface area (Å²) in [6, 6.07) is 25.1. The van der Waals surface area contributed by atoms with E-state index in [1.54, 1.807) is 18.3 Å². The highest BCUT2D eigenvalue weighted by Crippen LogP contribution is 2.49. The van der Waals surface area contributed by atoms with Gasteiger partial charge in [-0.1, -0.05) is 191 Å². The molecule has 0 spiro atoms. The molecule has 0 heterocycles. The number of hydrogen-bond donors (Lipinski definition) is 2. The van der Waals surface area contributed by atoms with Gasteiger partial charge in [0, 0.05) is 34.0 Å². The smallest absolute Gasteiger partial charge is 0.137 e. The maximum Gasteiger partial charge on any atom is 0.137 e. The van der Waals surface area contributed by atoms with E-state index in [-0.39, 0.29) is 27.4 Å². The van der Waals surface area contributed by atoms with Crippen LogP contribution in [0, 0.1) is 11.3 Å². The number of benzene rings is 4. The highest BCUT2D eigenvalue weighted by Gasteiger charge is 2.45. The molecule has 0 saturated heterocycles. The summed E-state index contributed by atoms with van der Waals surface area (Å²) in [7, 11) is 0. The van der Waals surface area contributed by atoms with Crippen molar-refractivity contribution >= 4 is 6.21 Å². The minimum Gasteiger partial charge on any atom is -0.507 e. The standard InChI is InChI=1S/C61H88N2O4/c1-15-17-19-21-23-28-34-66-55-49(57(3,4)5)38-47(39-50(55)58(6,7)8)61(65,54(37-44-30-26-25-27-31-44)63-43-46-36-45(42-62)32-33-53(46)64)48-40-51(59(9,10)11)56(52(41-48)60(12,13)14)67-35-29-24-22-20-18-16-2/h25-27,30-33,36,38-41,43,54,64-65H,15-24,28-29,34-35,37H2,1-14H3. The lowest BCUT2D eigenvalue weighted by atomic mass is 9.70. The molecule has 366 valence electrons. The van der Waals surface area contributed by atoms with Gasteiger partial charge in [-0.2, -0.15) is 5.26 Å². The van der Waals surface area contributed by atoms with Crippen molar-refractivity contribution in [3.05, 3.63) is 123 Å². The molecule has 0 aliphatic carbocycles. The van der Waals surface area contributed by atoms with Crippen molar-refractivity contribution in [1.29, 1.82) is 5.26 Å². The molecule has 0 amide bonds. The number of ether oxygens (including phenoxy) is 2. The van der Waals surface area contributed by atoms with E-state index < -0.39 is 11.6 Å². The van der Waals surface area contributed by atoms with Crippen molar-refractivity contribution in [3.8, 4) is 23.3 Å². The van der Waals surface area contributed by atoms with Gasteiger partial charge in [0.1, 0.15) is 22.8 Å². The fourth-order valence-corrected chi connectivity index (χ4v) is 8.95. The van der Waals surface area contributed by atoms with Crippen molar-refractivity contribution in [3.63, 3.8) is 0 Å². The maximum atomic E-state index is 14.6. The normalized spacial score (nSPS) is 13.2. The van der Waals surface area contributed by atoms with Crippen molar-refractivity contribution in [2.75, 3.05) is 13.2 Å². The molecule has 1 unspecified atom stereocenters. The average Bonchev–Trinajstić information content (AvgIpc) is 3.26. The number of nitrogens with zero attached hydrogens (tertiary/aromatic N) is 2. The Kier molecular flexibility index (Phi) is 19.8. The Labute approximate surface area is 407 Å². The first kappa shape index (κ1) is 55.0. The summed E-state index contributed by atoms with van der Waals surface area (Å²) in [5.74, 6) is 1.80. The van der Waals surface area contributed by atoms with E-state index in [9.17, 15) is 15.5 Å². The predicted octanol–water partition coefficient (Wildman–Crippen LogP) is 15.9. The minimum absolute atomic E-state index is 0.0126. The summed E-state index contributed by atoms with van der Waals surface area (Å²) >= 11 is 0. The third-order valence-electron chi connectivity index (χ3n) is 13.1. The molecule has 0 saturated carbocycles. The second-order valence-electron chi connectivity index (χ2n) is 23.2. The van der Waals surface area contributed by atoms with E-state index in [2.05, 4.69) is 139 Å². The van der Waals surface area contributed by atoms with E-state index in [4.69, 9.17) is 14.5 Å². The molecule has 2 N–H and O–H groups in total. The molecule has 0 aliphatic rings. The van der Waals surface area contributed by atoms with Crippen molar-refractivity contribution in [1.82, 2.24) is 0 Å². The Morgan fingerprint density at radius 1 is 0.567 bits per heavy atom. The molecular formula is C61H88N2O4. The zero-order chi connectivity index (χ0) is 49.6. The first-order chi connectivity index (χ1) is 31.5. The number of nitriles is 1. The van der Waals surface area contributed by atoms with Gasteiger partial charge in [0.25, 0.3) is 0 Å². The lowest BCUT2D eigenvalue weighted by Crippen LogP contribution is -2.42. The Hall–Kier alpha value is -4.60. The number of phenolic OH excluding ortho intramolecular Hbond substituents is 1. The van der Waals surface area contributed by atoms with E-state index in [1.165, 1.54) is 57.4 Å². The summed E-state index contributed by atoms with van der Waals surface area (Å²) in [5, 5.41) is 35.6. The Bertz CT molecular complexity index is 2070. The van der Waals surface area contributed by atoms with Crippen LogP contribution in [0.1, 0.15) is 224 Å². The minimum atomic E-state index is -1.73. The number of rotatable bonds is 23. The fourth-order valence-electron chi connectivity index (χ4n) is 8.95. The fraction of sp³-hybridized carbons (Fsp3) is 0.574. The van der Waals surface area contributed by atoms with Crippen LogP contribution in [0.4, 0.5) is 0 Å². The third kappa shape index (κ3) is 15.2. The van der Waals surface area contributed by atoms with Crippen LogP contribution in [0.2, 0.25) is 0 Å². The molecule has 6 heteroatoms. The largest absolute Gasteiger partial charge is 0.507 e. The number of phenols is 1. The summed E-state index contributed by atoms with van der Waals surface area (Å²) in [5.41, 5.74) is 4.29. The van der Waals surface area contributed by atoms with Gasteiger partial charge in [0.15, 0.2) is 0 Å². The van der Waals surface area contributed by atoms with Crippen molar-refractivity contribution in [2.24, 2.45) is 4.99 Å². The van der Waals surface area contributed by atoms with Gasteiger partial charge in [0.05, 0.1) is 30.9 Å². The highest BCUT2D eigenvalue weighted by atomic mass is 16.5. The molecule has 0 fully saturated rings. The van der Waals surface area contributed by atoms with Crippen LogP contribution in [0.25, 0.3) is 0 Å². The summed E-state index contributed by atoms with van der Waals surface area (Å²) < 4.78 is 13.9. The average molecular weight is 913 g/mol. The van der Waals surface area contributed by atoms with Gasteiger partial charge in [-0.15, -0.1) is 0 Å². The van der Waals surface area contributed by atoms with Crippen LogP contribution in [0.15, 0.2) is 77.8 Å². The third-order valence-corrected chi connectivity index (χ3v) is 13.1. The molecule has 4 rings (SSSR count). The van der Waals surface area contributed by atoms with Gasteiger partial charge in [-0.25, -0.2) is 0 Å². The van der Waals surface area contributed by atoms with Gasteiger partial charge in [0.2, 0.25) is 0 Å². The molecule has 67 heavy (non-hydrogen) atoms. The summed E-state index contributed by atoms with van der Waals surface area (Å²) in [4.78, 5) is 5.34. The second kappa shape index (κ2) is 24.1.